The molecule has 0 saturated heterocycles. The fourth-order valence-corrected chi connectivity index (χ4v) is 4.71. The van der Waals surface area contributed by atoms with Crippen molar-refractivity contribution in [2.45, 2.75) is 30.4 Å². The van der Waals surface area contributed by atoms with Gasteiger partial charge in [0.15, 0.2) is 0 Å². The molecule has 0 unspecified atom stereocenters. The van der Waals surface area contributed by atoms with E-state index in [1.165, 1.54) is 40.9 Å². The van der Waals surface area contributed by atoms with Gasteiger partial charge in [0.05, 0.1) is 25.4 Å². The van der Waals surface area contributed by atoms with Crippen molar-refractivity contribution >= 4 is 41.7 Å². The van der Waals surface area contributed by atoms with Crippen molar-refractivity contribution in [3.05, 3.63) is 83.4 Å². The minimum absolute atomic E-state index is 0. The number of alkyl halides is 3. The average Bonchev–Trinajstić information content (AvgIpc) is 2.99. The number of anilines is 1. The van der Waals surface area contributed by atoms with Crippen LogP contribution < -0.4 is 25.4 Å². The Labute approximate surface area is 227 Å². The number of nitrogens with one attached hydrogen (secondary N) is 1. The number of ether oxygens (including phenoxy) is 2. The molecule has 0 bridgehead atoms. The van der Waals surface area contributed by atoms with Crippen LogP contribution in [0.3, 0.4) is 0 Å². The summed E-state index contributed by atoms with van der Waals surface area (Å²) < 4.78 is 46.5. The van der Waals surface area contributed by atoms with E-state index in [2.05, 4.69) is 10.1 Å². The van der Waals surface area contributed by atoms with Gasteiger partial charge in [-0.1, -0.05) is 24.3 Å². The maximum Gasteiger partial charge on any atom is 0.573 e. The molecule has 12 heteroatoms. The van der Waals surface area contributed by atoms with Crippen molar-refractivity contribution in [3.8, 4) is 11.5 Å². The van der Waals surface area contributed by atoms with E-state index in [1.54, 1.807) is 37.4 Å². The minimum Gasteiger partial charge on any atom is -0.497 e. The topological polar surface area (TPSA) is 93.9 Å². The van der Waals surface area contributed by atoms with Crippen molar-refractivity contribution in [2.24, 2.45) is 5.73 Å². The van der Waals surface area contributed by atoms with Crippen LogP contribution in [0.4, 0.5) is 18.9 Å². The fraction of sp³-hybridized carbons (Fsp3) is 0.231. The van der Waals surface area contributed by atoms with E-state index in [4.69, 9.17) is 10.5 Å². The van der Waals surface area contributed by atoms with E-state index in [0.29, 0.717) is 34.9 Å². The molecular weight excluding hydrogens is 543 g/mol. The summed E-state index contributed by atoms with van der Waals surface area (Å²) in [6.07, 6.45) is -4.80. The van der Waals surface area contributed by atoms with Gasteiger partial charge < -0.3 is 25.4 Å². The van der Waals surface area contributed by atoms with Crippen LogP contribution in [0.15, 0.2) is 71.6 Å². The lowest BCUT2D eigenvalue weighted by atomic mass is 10.1. The third kappa shape index (κ3) is 7.33. The lowest BCUT2D eigenvalue weighted by molar-refractivity contribution is -0.274. The quantitative estimate of drug-likeness (QED) is 0.421. The van der Waals surface area contributed by atoms with Crippen LogP contribution in [0.2, 0.25) is 0 Å². The molecule has 38 heavy (non-hydrogen) atoms. The highest BCUT2D eigenvalue weighted by Gasteiger charge is 2.32. The number of carbonyl (C=O) groups is 2. The van der Waals surface area contributed by atoms with Gasteiger partial charge >= 0.3 is 6.36 Å². The molecule has 0 aromatic heterocycles. The lowest BCUT2D eigenvalue weighted by Crippen LogP contribution is -2.44. The van der Waals surface area contributed by atoms with E-state index >= 15 is 0 Å². The third-order valence-corrected chi connectivity index (χ3v) is 6.81. The molecule has 4 rings (SSSR count). The zero-order valence-electron chi connectivity index (χ0n) is 20.2. The van der Waals surface area contributed by atoms with Gasteiger partial charge in [0, 0.05) is 22.8 Å². The van der Waals surface area contributed by atoms with Crippen LogP contribution in [-0.4, -0.2) is 37.1 Å². The molecular formula is C26H25ClF3N3O4S. The Bertz CT molecular complexity index is 1270. The smallest absolute Gasteiger partial charge is 0.497 e. The molecule has 202 valence electrons. The second-order valence-corrected chi connectivity index (χ2v) is 9.31. The largest absolute Gasteiger partial charge is 0.573 e. The van der Waals surface area contributed by atoms with Gasteiger partial charge in [0.25, 0.3) is 5.91 Å². The van der Waals surface area contributed by atoms with Gasteiger partial charge in [-0.25, -0.2) is 0 Å². The Morgan fingerprint density at radius 3 is 2.32 bits per heavy atom. The van der Waals surface area contributed by atoms with Crippen LogP contribution in [-0.2, 0) is 17.9 Å². The first-order valence-corrected chi connectivity index (χ1v) is 12.2. The summed E-state index contributed by atoms with van der Waals surface area (Å²) in [6.45, 7) is 0.359. The molecule has 3 N–H and O–H groups in total. The minimum atomic E-state index is -4.80. The summed E-state index contributed by atoms with van der Waals surface area (Å²) in [7, 11) is 1.58. The van der Waals surface area contributed by atoms with Crippen LogP contribution in [0.5, 0.6) is 11.5 Å². The molecule has 7 nitrogen and oxygen atoms in total. The SMILES string of the molecule is COc1ccc(CNC(=O)c2ccc3c(c2)N(Cc2ccc(OC(F)(F)F)cc2)C(=O)[C@@H](N)CS3)cc1.Cl. The van der Waals surface area contributed by atoms with E-state index in [9.17, 15) is 22.8 Å². The number of carbonyl (C=O) groups excluding carboxylic acids is 2. The molecule has 1 aliphatic rings. The maximum atomic E-state index is 13.1. The summed E-state index contributed by atoms with van der Waals surface area (Å²) in [5.41, 5.74) is 8.41. The second-order valence-electron chi connectivity index (χ2n) is 8.25. The molecule has 3 aromatic carbocycles. The number of nitrogens with zero attached hydrogens (tertiary/aromatic N) is 1. The molecule has 0 radical (unpaired) electrons. The van der Waals surface area contributed by atoms with Crippen molar-refractivity contribution in [1.82, 2.24) is 5.32 Å². The van der Waals surface area contributed by atoms with Crippen LogP contribution in [0, 0.1) is 0 Å². The van der Waals surface area contributed by atoms with Crippen molar-refractivity contribution < 1.29 is 32.2 Å². The van der Waals surface area contributed by atoms with Gasteiger partial charge in [-0.15, -0.1) is 37.3 Å². The number of methoxy groups -OCH3 is 1. The normalized spacial score (nSPS) is 15.1. The Balaban J connectivity index is 0.00000400. The third-order valence-electron chi connectivity index (χ3n) is 5.62. The zero-order valence-corrected chi connectivity index (χ0v) is 21.8. The highest BCUT2D eigenvalue weighted by Crippen LogP contribution is 2.36. The monoisotopic (exact) mass is 567 g/mol. The van der Waals surface area contributed by atoms with E-state index < -0.39 is 12.4 Å². The molecule has 1 heterocycles. The fourth-order valence-electron chi connectivity index (χ4n) is 3.73. The predicted molar refractivity (Wildman–Crippen MR) is 141 cm³/mol. The molecule has 1 aliphatic heterocycles. The summed E-state index contributed by atoms with van der Waals surface area (Å²) in [5, 5.41) is 2.86. The van der Waals surface area contributed by atoms with Gasteiger partial charge in [0.2, 0.25) is 5.91 Å². The standard InChI is InChI=1S/C26H24F3N3O4S.ClH/c1-35-19-7-2-16(3-8-19)13-31-24(33)18-6-11-23-22(12-18)32(25(34)21(30)15-37-23)14-17-4-9-20(10-5-17)36-26(27,28)29;/h2-12,21H,13-15,30H2,1H3,(H,31,33);1H/t21-;/m0./s1. The zero-order chi connectivity index (χ0) is 26.6. The van der Waals surface area contributed by atoms with Crippen LogP contribution >= 0.6 is 24.2 Å². The second kappa shape index (κ2) is 12.4. The first-order valence-electron chi connectivity index (χ1n) is 11.2. The molecule has 3 aromatic rings. The number of halogens is 4. The highest BCUT2D eigenvalue weighted by molar-refractivity contribution is 7.99. The van der Waals surface area contributed by atoms with Gasteiger partial charge in [0.1, 0.15) is 11.5 Å². The average molecular weight is 568 g/mol. The van der Waals surface area contributed by atoms with Gasteiger partial charge in [-0.2, -0.15) is 0 Å². The van der Waals surface area contributed by atoms with Gasteiger partial charge in [-0.05, 0) is 53.6 Å². The summed E-state index contributed by atoms with van der Waals surface area (Å²) in [6, 6.07) is 16.9. The van der Waals surface area contributed by atoms with Crippen molar-refractivity contribution in [2.75, 3.05) is 17.8 Å². The Morgan fingerprint density at radius 2 is 1.68 bits per heavy atom. The number of fused-ring (bicyclic) bond motifs is 1. The Hall–Kier alpha value is -3.41. The Morgan fingerprint density at radius 1 is 1.05 bits per heavy atom. The van der Waals surface area contributed by atoms with E-state index in [0.717, 1.165) is 10.5 Å². The van der Waals surface area contributed by atoms with E-state index in [1.807, 2.05) is 12.1 Å². The summed E-state index contributed by atoms with van der Waals surface area (Å²) in [5.74, 6) is 0.0329. The first-order chi connectivity index (χ1) is 17.6. The summed E-state index contributed by atoms with van der Waals surface area (Å²) in [4.78, 5) is 28.2. The first kappa shape index (κ1) is 29.2. The number of amides is 2. The highest BCUT2D eigenvalue weighted by atomic mass is 35.5. The van der Waals surface area contributed by atoms with E-state index in [-0.39, 0.29) is 36.5 Å². The molecule has 2 amide bonds. The number of nitrogens with two attached hydrogens (primary N) is 1. The van der Waals surface area contributed by atoms with Crippen LogP contribution in [0.25, 0.3) is 0 Å². The number of hydrogen-bond acceptors (Lipinski definition) is 6. The number of hydrogen-bond donors (Lipinski definition) is 2. The summed E-state index contributed by atoms with van der Waals surface area (Å²) >= 11 is 1.40. The molecule has 0 saturated carbocycles. The molecule has 0 fully saturated rings. The molecule has 0 spiro atoms. The van der Waals surface area contributed by atoms with Crippen molar-refractivity contribution in [1.29, 1.82) is 0 Å². The number of thioether (sulfide) groups is 1. The molecule has 1 atom stereocenters. The van der Waals surface area contributed by atoms with Crippen LogP contribution in [0.1, 0.15) is 21.5 Å². The Kier molecular flexibility index (Phi) is 9.53. The van der Waals surface area contributed by atoms with Gasteiger partial charge in [-0.3, -0.25) is 9.59 Å². The number of benzene rings is 3. The predicted octanol–water partition coefficient (Wildman–Crippen LogP) is 4.91. The van der Waals surface area contributed by atoms with Crippen molar-refractivity contribution in [3.63, 3.8) is 0 Å². The lowest BCUT2D eigenvalue weighted by Gasteiger charge is -2.25. The maximum absolute atomic E-state index is 13.1. The number of rotatable bonds is 7. The molecule has 0 aliphatic carbocycles.